The van der Waals surface area contributed by atoms with Crippen LogP contribution in [0.15, 0.2) is 36.1 Å². The van der Waals surface area contributed by atoms with E-state index in [1.165, 1.54) is 0 Å². The fraction of sp³-hybridized carbons (Fsp3) is 0.333. The van der Waals surface area contributed by atoms with Crippen LogP contribution in [0.1, 0.15) is 12.6 Å². The highest BCUT2D eigenvalue weighted by Gasteiger charge is 2.22. The predicted octanol–water partition coefficient (Wildman–Crippen LogP) is 3.00. The lowest BCUT2D eigenvalue weighted by Crippen LogP contribution is -2.50. The molecule has 7 nitrogen and oxygen atoms in total. The van der Waals surface area contributed by atoms with E-state index < -0.39 is 0 Å². The number of carbonyl (C=O) groups excluding carboxylic acids is 1. The first-order chi connectivity index (χ1) is 12.7. The van der Waals surface area contributed by atoms with Crippen LogP contribution in [0.25, 0.3) is 10.2 Å². The molecular formula is C18H20N6OS. The second kappa shape index (κ2) is 7.25. The lowest BCUT2D eigenvalue weighted by Gasteiger charge is -2.35. The number of aromatic nitrogens is 3. The van der Waals surface area contributed by atoms with Crippen LogP contribution >= 0.6 is 11.3 Å². The standard InChI is InChI=1S/C18H20N6OS/c1-2-13-10-17(20-11-19-13)23-5-7-24(8-6-23)18(25)22-14-3-4-15-16(9-14)26-12-21-15/h3-4,9-12H,2,5-8H2,1H3,(H,22,25). The van der Waals surface area contributed by atoms with Crippen molar-refractivity contribution in [3.63, 3.8) is 0 Å². The van der Waals surface area contributed by atoms with Gasteiger partial charge in [0.2, 0.25) is 0 Å². The van der Waals surface area contributed by atoms with Gasteiger partial charge in [-0.2, -0.15) is 0 Å². The second-order valence-corrected chi connectivity index (χ2v) is 7.05. The first-order valence-corrected chi connectivity index (χ1v) is 9.56. The van der Waals surface area contributed by atoms with Gasteiger partial charge in [-0.15, -0.1) is 11.3 Å². The summed E-state index contributed by atoms with van der Waals surface area (Å²) in [5.41, 5.74) is 4.61. The Morgan fingerprint density at radius 1 is 1.15 bits per heavy atom. The highest BCUT2D eigenvalue weighted by atomic mass is 32.1. The number of carbonyl (C=O) groups is 1. The van der Waals surface area contributed by atoms with E-state index >= 15 is 0 Å². The van der Waals surface area contributed by atoms with Crippen LogP contribution in [0.3, 0.4) is 0 Å². The quantitative estimate of drug-likeness (QED) is 0.769. The number of rotatable bonds is 3. The van der Waals surface area contributed by atoms with Gasteiger partial charge in [-0.25, -0.2) is 19.7 Å². The molecule has 0 saturated carbocycles. The number of nitrogens with zero attached hydrogens (tertiary/aromatic N) is 5. The molecule has 1 aliphatic heterocycles. The zero-order valence-corrected chi connectivity index (χ0v) is 15.4. The fourth-order valence-electron chi connectivity index (χ4n) is 3.03. The molecule has 1 aromatic carbocycles. The Morgan fingerprint density at radius 2 is 2.00 bits per heavy atom. The summed E-state index contributed by atoms with van der Waals surface area (Å²) in [6, 6.07) is 7.75. The van der Waals surface area contributed by atoms with Crippen molar-refractivity contribution in [2.75, 3.05) is 36.4 Å². The van der Waals surface area contributed by atoms with Crippen LogP contribution in [0.4, 0.5) is 16.3 Å². The Hall–Kier alpha value is -2.74. The summed E-state index contributed by atoms with van der Waals surface area (Å²) >= 11 is 1.57. The van der Waals surface area contributed by atoms with E-state index in [1.807, 2.05) is 34.7 Å². The highest BCUT2D eigenvalue weighted by Crippen LogP contribution is 2.22. The van der Waals surface area contributed by atoms with E-state index in [0.29, 0.717) is 13.1 Å². The lowest BCUT2D eigenvalue weighted by atomic mass is 10.2. The van der Waals surface area contributed by atoms with Crippen molar-refractivity contribution < 1.29 is 4.79 Å². The third-order valence-electron chi connectivity index (χ3n) is 4.54. The lowest BCUT2D eigenvalue weighted by molar-refractivity contribution is 0.208. The molecule has 0 atom stereocenters. The number of benzene rings is 1. The summed E-state index contributed by atoms with van der Waals surface area (Å²) in [6.45, 7) is 4.95. The highest BCUT2D eigenvalue weighted by molar-refractivity contribution is 7.16. The molecule has 3 aromatic rings. The van der Waals surface area contributed by atoms with Gasteiger partial charge in [0.25, 0.3) is 0 Å². The number of urea groups is 1. The molecular weight excluding hydrogens is 348 g/mol. The van der Waals surface area contributed by atoms with Gasteiger partial charge in [0.1, 0.15) is 12.1 Å². The van der Waals surface area contributed by atoms with Gasteiger partial charge in [-0.1, -0.05) is 6.92 Å². The van der Waals surface area contributed by atoms with Gasteiger partial charge in [-0.3, -0.25) is 0 Å². The third-order valence-corrected chi connectivity index (χ3v) is 5.34. The normalized spacial score (nSPS) is 14.7. The Morgan fingerprint density at radius 3 is 2.81 bits per heavy atom. The first kappa shape index (κ1) is 16.7. The molecule has 0 spiro atoms. The number of amides is 2. The van der Waals surface area contributed by atoms with E-state index in [0.717, 1.165) is 46.9 Å². The van der Waals surface area contributed by atoms with Crippen molar-refractivity contribution in [2.45, 2.75) is 13.3 Å². The van der Waals surface area contributed by atoms with Crippen molar-refractivity contribution in [3.8, 4) is 0 Å². The van der Waals surface area contributed by atoms with Crippen LogP contribution in [-0.4, -0.2) is 52.1 Å². The van der Waals surface area contributed by atoms with Gasteiger partial charge < -0.3 is 15.1 Å². The Labute approximate surface area is 155 Å². The van der Waals surface area contributed by atoms with Gasteiger partial charge in [-0.05, 0) is 24.6 Å². The average Bonchev–Trinajstić information content (AvgIpc) is 3.16. The van der Waals surface area contributed by atoms with Crippen molar-refractivity contribution in [1.29, 1.82) is 0 Å². The molecule has 4 rings (SSSR count). The molecule has 1 fully saturated rings. The minimum absolute atomic E-state index is 0.0644. The Balaban J connectivity index is 1.37. The maximum absolute atomic E-state index is 12.5. The van der Waals surface area contributed by atoms with Crippen LogP contribution in [0, 0.1) is 0 Å². The summed E-state index contributed by atoms with van der Waals surface area (Å²) < 4.78 is 1.07. The smallest absolute Gasteiger partial charge is 0.321 e. The van der Waals surface area contributed by atoms with Gasteiger partial charge in [0.05, 0.1) is 15.7 Å². The van der Waals surface area contributed by atoms with Crippen LogP contribution in [0.5, 0.6) is 0 Å². The number of piperazine rings is 1. The summed E-state index contributed by atoms with van der Waals surface area (Å²) in [7, 11) is 0. The van der Waals surface area contributed by atoms with Crippen LogP contribution in [0.2, 0.25) is 0 Å². The molecule has 0 bridgehead atoms. The number of anilines is 2. The number of hydrogen-bond acceptors (Lipinski definition) is 6. The zero-order valence-electron chi connectivity index (χ0n) is 14.6. The molecule has 0 aliphatic carbocycles. The number of hydrogen-bond donors (Lipinski definition) is 1. The van der Waals surface area contributed by atoms with E-state index in [9.17, 15) is 4.79 Å². The number of nitrogens with one attached hydrogen (secondary N) is 1. The van der Waals surface area contributed by atoms with Crippen molar-refractivity contribution in [1.82, 2.24) is 19.9 Å². The number of aryl methyl sites for hydroxylation is 1. The van der Waals surface area contributed by atoms with Gasteiger partial charge in [0, 0.05) is 43.6 Å². The molecule has 26 heavy (non-hydrogen) atoms. The maximum atomic E-state index is 12.5. The summed E-state index contributed by atoms with van der Waals surface area (Å²) in [5, 5.41) is 2.99. The predicted molar refractivity (Wildman–Crippen MR) is 104 cm³/mol. The minimum Gasteiger partial charge on any atom is -0.353 e. The van der Waals surface area contributed by atoms with Gasteiger partial charge in [0.15, 0.2) is 0 Å². The number of thiazole rings is 1. The molecule has 8 heteroatoms. The molecule has 1 N–H and O–H groups in total. The maximum Gasteiger partial charge on any atom is 0.321 e. The van der Waals surface area contributed by atoms with Crippen LogP contribution in [-0.2, 0) is 6.42 Å². The van der Waals surface area contributed by atoms with E-state index in [4.69, 9.17) is 0 Å². The summed E-state index contributed by atoms with van der Waals surface area (Å²) in [5.74, 6) is 0.938. The number of fused-ring (bicyclic) bond motifs is 1. The van der Waals surface area contributed by atoms with Crippen LogP contribution < -0.4 is 10.2 Å². The van der Waals surface area contributed by atoms with Crippen molar-refractivity contribution >= 4 is 39.1 Å². The molecule has 2 aromatic heterocycles. The zero-order chi connectivity index (χ0) is 17.9. The van der Waals surface area contributed by atoms with Crippen molar-refractivity contribution in [3.05, 3.63) is 41.8 Å². The largest absolute Gasteiger partial charge is 0.353 e. The Bertz CT molecular complexity index is 919. The fourth-order valence-corrected chi connectivity index (χ4v) is 3.74. The topological polar surface area (TPSA) is 74.2 Å². The Kier molecular flexibility index (Phi) is 4.66. The summed E-state index contributed by atoms with van der Waals surface area (Å²) in [6.07, 6.45) is 2.50. The minimum atomic E-state index is -0.0644. The molecule has 2 amide bonds. The molecule has 134 valence electrons. The third kappa shape index (κ3) is 3.45. The molecule has 3 heterocycles. The molecule has 1 saturated heterocycles. The monoisotopic (exact) mass is 368 g/mol. The molecule has 0 radical (unpaired) electrons. The van der Waals surface area contributed by atoms with Crippen molar-refractivity contribution in [2.24, 2.45) is 0 Å². The summed E-state index contributed by atoms with van der Waals surface area (Å²) in [4.78, 5) is 29.5. The van der Waals surface area contributed by atoms with E-state index in [1.54, 1.807) is 17.7 Å². The first-order valence-electron chi connectivity index (χ1n) is 8.68. The van der Waals surface area contributed by atoms with E-state index in [2.05, 4.69) is 32.1 Å². The SMILES string of the molecule is CCc1cc(N2CCN(C(=O)Nc3ccc4ncsc4c3)CC2)ncn1. The second-order valence-electron chi connectivity index (χ2n) is 6.16. The molecule has 0 unspecified atom stereocenters. The molecule has 1 aliphatic rings. The van der Waals surface area contributed by atoms with Gasteiger partial charge >= 0.3 is 6.03 Å². The van der Waals surface area contributed by atoms with E-state index in [-0.39, 0.29) is 6.03 Å². The average molecular weight is 368 g/mol.